The normalized spacial score (nSPS) is 13.1. The summed E-state index contributed by atoms with van der Waals surface area (Å²) in [5, 5.41) is 6.71. The molecule has 1 heterocycles. The highest BCUT2D eigenvalue weighted by Gasteiger charge is 2.29. The standard InChI is InChI=1S/C19H26N4O3/c1-5-13(3)17(21-18(24)14-10-8-7-9-11-14)19(25)23(4)12-16-20-15(6-2)22-26-16/h7-11,13,17H,5-6,12H2,1-4H3,(H,21,24). The van der Waals surface area contributed by atoms with E-state index in [-0.39, 0.29) is 24.3 Å². The maximum atomic E-state index is 12.9. The molecule has 0 spiro atoms. The van der Waals surface area contributed by atoms with Crippen molar-refractivity contribution in [3.05, 3.63) is 47.6 Å². The minimum atomic E-state index is -0.619. The molecule has 2 unspecified atom stereocenters. The molecule has 0 aliphatic rings. The van der Waals surface area contributed by atoms with E-state index in [1.54, 1.807) is 31.3 Å². The van der Waals surface area contributed by atoms with Gasteiger partial charge < -0.3 is 14.7 Å². The first kappa shape index (κ1) is 19.6. The van der Waals surface area contributed by atoms with E-state index in [1.165, 1.54) is 4.90 Å². The number of carbonyl (C=O) groups is 2. The second-order valence-corrected chi connectivity index (χ2v) is 6.35. The minimum Gasteiger partial charge on any atom is -0.340 e. The zero-order valence-corrected chi connectivity index (χ0v) is 15.7. The Morgan fingerprint density at radius 3 is 2.50 bits per heavy atom. The molecule has 0 saturated heterocycles. The molecule has 26 heavy (non-hydrogen) atoms. The van der Waals surface area contributed by atoms with Crippen molar-refractivity contribution in [3.8, 4) is 0 Å². The van der Waals surface area contributed by atoms with E-state index in [0.717, 1.165) is 6.42 Å². The monoisotopic (exact) mass is 358 g/mol. The molecule has 140 valence electrons. The van der Waals surface area contributed by atoms with Crippen LogP contribution in [0.2, 0.25) is 0 Å². The van der Waals surface area contributed by atoms with E-state index in [1.807, 2.05) is 26.8 Å². The molecule has 2 atom stereocenters. The van der Waals surface area contributed by atoms with Crippen LogP contribution in [0.5, 0.6) is 0 Å². The summed E-state index contributed by atoms with van der Waals surface area (Å²) >= 11 is 0. The van der Waals surface area contributed by atoms with Gasteiger partial charge >= 0.3 is 0 Å². The number of nitrogens with one attached hydrogen (secondary N) is 1. The van der Waals surface area contributed by atoms with Crippen molar-refractivity contribution in [2.45, 2.75) is 46.2 Å². The number of hydrogen-bond acceptors (Lipinski definition) is 5. The lowest BCUT2D eigenvalue weighted by atomic mass is 9.97. The summed E-state index contributed by atoms with van der Waals surface area (Å²) in [7, 11) is 1.67. The van der Waals surface area contributed by atoms with E-state index in [4.69, 9.17) is 4.52 Å². The molecule has 0 bridgehead atoms. The minimum absolute atomic E-state index is 0.00787. The summed E-state index contributed by atoms with van der Waals surface area (Å²) in [4.78, 5) is 31.1. The van der Waals surface area contributed by atoms with Gasteiger partial charge in [-0.3, -0.25) is 9.59 Å². The van der Waals surface area contributed by atoms with Gasteiger partial charge in [0.15, 0.2) is 5.82 Å². The van der Waals surface area contributed by atoms with Crippen LogP contribution in [0, 0.1) is 5.92 Å². The topological polar surface area (TPSA) is 88.3 Å². The maximum absolute atomic E-state index is 12.9. The number of nitrogens with zero attached hydrogens (tertiary/aromatic N) is 3. The summed E-state index contributed by atoms with van der Waals surface area (Å²) in [6.45, 7) is 6.08. The molecular formula is C19H26N4O3. The zero-order chi connectivity index (χ0) is 19.1. The number of benzene rings is 1. The lowest BCUT2D eigenvalue weighted by Crippen LogP contribution is -2.50. The lowest BCUT2D eigenvalue weighted by Gasteiger charge is -2.27. The summed E-state index contributed by atoms with van der Waals surface area (Å²) in [5.41, 5.74) is 0.528. The van der Waals surface area contributed by atoms with E-state index < -0.39 is 6.04 Å². The third kappa shape index (κ3) is 4.91. The predicted molar refractivity (Wildman–Crippen MR) is 97.3 cm³/mol. The van der Waals surface area contributed by atoms with Crippen molar-refractivity contribution < 1.29 is 14.1 Å². The number of aryl methyl sites for hydroxylation is 1. The molecule has 1 aromatic heterocycles. The van der Waals surface area contributed by atoms with Gasteiger partial charge in [-0.05, 0) is 18.1 Å². The summed E-state index contributed by atoms with van der Waals surface area (Å²) in [5.74, 6) is 0.543. The van der Waals surface area contributed by atoms with Gasteiger partial charge in [-0.2, -0.15) is 4.98 Å². The zero-order valence-electron chi connectivity index (χ0n) is 15.7. The van der Waals surface area contributed by atoms with E-state index >= 15 is 0 Å². The van der Waals surface area contributed by atoms with Crippen LogP contribution >= 0.6 is 0 Å². The molecule has 1 N–H and O–H groups in total. The van der Waals surface area contributed by atoms with E-state index in [2.05, 4.69) is 15.5 Å². The SMILES string of the molecule is CCc1noc(CN(C)C(=O)C(NC(=O)c2ccccc2)C(C)CC)n1. The third-order valence-electron chi connectivity index (χ3n) is 4.38. The number of hydrogen-bond donors (Lipinski definition) is 1. The van der Waals surface area contributed by atoms with Gasteiger partial charge in [-0.25, -0.2) is 0 Å². The Morgan fingerprint density at radius 2 is 1.92 bits per heavy atom. The predicted octanol–water partition coefficient (Wildman–Crippen LogP) is 2.44. The molecule has 2 amide bonds. The maximum Gasteiger partial charge on any atom is 0.251 e. The van der Waals surface area contributed by atoms with Crippen LogP contribution in [0.1, 0.15) is 49.3 Å². The Kier molecular flexibility index (Phi) is 6.89. The van der Waals surface area contributed by atoms with Crippen LogP contribution in [0.4, 0.5) is 0 Å². The molecule has 1 aromatic carbocycles. The molecule has 0 fully saturated rings. The lowest BCUT2D eigenvalue weighted by molar-refractivity contribution is -0.134. The smallest absolute Gasteiger partial charge is 0.251 e. The average Bonchev–Trinajstić information content (AvgIpc) is 3.12. The third-order valence-corrected chi connectivity index (χ3v) is 4.38. The van der Waals surface area contributed by atoms with E-state index in [0.29, 0.717) is 23.7 Å². The highest BCUT2D eigenvalue weighted by molar-refractivity contribution is 5.97. The molecule has 7 heteroatoms. The van der Waals surface area contributed by atoms with Crippen molar-refractivity contribution in [3.63, 3.8) is 0 Å². The second-order valence-electron chi connectivity index (χ2n) is 6.35. The molecule has 0 aliphatic heterocycles. The Balaban J connectivity index is 2.09. The van der Waals surface area contributed by atoms with Crippen LogP contribution in [-0.2, 0) is 17.8 Å². The summed E-state index contributed by atoms with van der Waals surface area (Å²) in [6.07, 6.45) is 1.43. The Labute approximate surface area is 153 Å². The number of aromatic nitrogens is 2. The molecule has 2 aromatic rings. The number of rotatable bonds is 8. The number of carbonyl (C=O) groups excluding carboxylic acids is 2. The highest BCUT2D eigenvalue weighted by atomic mass is 16.5. The summed E-state index contributed by atoms with van der Waals surface area (Å²) < 4.78 is 5.15. The number of amides is 2. The van der Waals surface area contributed by atoms with Gasteiger partial charge in [0.2, 0.25) is 11.8 Å². The molecule has 7 nitrogen and oxygen atoms in total. The fourth-order valence-corrected chi connectivity index (χ4v) is 2.51. The highest BCUT2D eigenvalue weighted by Crippen LogP contribution is 2.13. The molecule has 2 rings (SSSR count). The van der Waals surface area contributed by atoms with Gasteiger partial charge in [-0.15, -0.1) is 0 Å². The first-order valence-corrected chi connectivity index (χ1v) is 8.88. The largest absolute Gasteiger partial charge is 0.340 e. The summed E-state index contributed by atoms with van der Waals surface area (Å²) in [6, 6.07) is 8.26. The van der Waals surface area contributed by atoms with Gasteiger partial charge in [0, 0.05) is 19.0 Å². The Hall–Kier alpha value is -2.70. The fraction of sp³-hybridized carbons (Fsp3) is 0.474. The van der Waals surface area contributed by atoms with Gasteiger partial charge in [0.1, 0.15) is 6.04 Å². The van der Waals surface area contributed by atoms with Crippen molar-refractivity contribution in [2.75, 3.05) is 7.05 Å². The van der Waals surface area contributed by atoms with Gasteiger partial charge in [0.25, 0.3) is 5.91 Å². The van der Waals surface area contributed by atoms with Crippen LogP contribution in [-0.4, -0.2) is 39.9 Å². The van der Waals surface area contributed by atoms with Crippen LogP contribution < -0.4 is 5.32 Å². The van der Waals surface area contributed by atoms with Crippen molar-refractivity contribution >= 4 is 11.8 Å². The van der Waals surface area contributed by atoms with Crippen molar-refractivity contribution in [1.82, 2.24) is 20.4 Å². The van der Waals surface area contributed by atoms with Crippen molar-refractivity contribution in [1.29, 1.82) is 0 Å². The molecule has 0 aliphatic carbocycles. The van der Waals surface area contributed by atoms with E-state index in [9.17, 15) is 9.59 Å². The molecule has 0 saturated carbocycles. The van der Waals surface area contributed by atoms with Crippen molar-refractivity contribution in [2.24, 2.45) is 5.92 Å². The molecule has 0 radical (unpaired) electrons. The van der Waals surface area contributed by atoms with Gasteiger partial charge in [-0.1, -0.05) is 50.5 Å². The Bertz CT molecular complexity index is 729. The number of likely N-dealkylation sites (N-methyl/N-ethyl adjacent to an activating group) is 1. The Morgan fingerprint density at radius 1 is 1.23 bits per heavy atom. The second kappa shape index (κ2) is 9.12. The first-order valence-electron chi connectivity index (χ1n) is 8.88. The average molecular weight is 358 g/mol. The quantitative estimate of drug-likeness (QED) is 0.783. The van der Waals surface area contributed by atoms with Gasteiger partial charge in [0.05, 0.1) is 6.54 Å². The first-order chi connectivity index (χ1) is 12.5. The van der Waals surface area contributed by atoms with Crippen LogP contribution in [0.15, 0.2) is 34.9 Å². The van der Waals surface area contributed by atoms with Crippen LogP contribution in [0.25, 0.3) is 0 Å². The fourth-order valence-electron chi connectivity index (χ4n) is 2.51. The molecular weight excluding hydrogens is 332 g/mol. The van der Waals surface area contributed by atoms with Crippen LogP contribution in [0.3, 0.4) is 0 Å².